The molecule has 154 valence electrons. The van der Waals surface area contributed by atoms with Crippen LogP contribution in [-0.2, 0) is 14.3 Å². The van der Waals surface area contributed by atoms with E-state index in [2.05, 4.69) is 11.8 Å². The highest BCUT2D eigenvalue weighted by atomic mass is 16.5. The molecule has 3 fully saturated rings. The summed E-state index contributed by atoms with van der Waals surface area (Å²) in [5, 5.41) is 0. The maximum Gasteiger partial charge on any atom is 0.239 e. The molecule has 1 atom stereocenters. The van der Waals surface area contributed by atoms with Crippen LogP contribution in [0.15, 0.2) is 0 Å². The lowest BCUT2D eigenvalue weighted by molar-refractivity contribution is -0.137. The van der Waals surface area contributed by atoms with E-state index in [1.165, 1.54) is 0 Å². The van der Waals surface area contributed by atoms with Crippen LogP contribution >= 0.6 is 0 Å². The number of piperazine rings is 1. The van der Waals surface area contributed by atoms with Crippen molar-refractivity contribution in [2.24, 2.45) is 17.6 Å². The molecule has 0 aliphatic carbocycles. The van der Waals surface area contributed by atoms with Gasteiger partial charge in [-0.2, -0.15) is 0 Å². The average Bonchev–Trinajstić information content (AvgIpc) is 2.74. The highest BCUT2D eigenvalue weighted by molar-refractivity contribution is 5.82. The maximum atomic E-state index is 12.7. The van der Waals surface area contributed by atoms with Crippen molar-refractivity contribution in [2.45, 2.75) is 45.1 Å². The van der Waals surface area contributed by atoms with E-state index in [0.717, 1.165) is 71.5 Å². The molecule has 7 nitrogen and oxygen atoms in total. The monoisotopic (exact) mass is 380 g/mol. The van der Waals surface area contributed by atoms with Crippen LogP contribution < -0.4 is 5.73 Å². The lowest BCUT2D eigenvalue weighted by Gasteiger charge is -2.37. The first-order valence-electron chi connectivity index (χ1n) is 10.7. The van der Waals surface area contributed by atoms with Crippen LogP contribution in [-0.4, -0.2) is 91.6 Å². The number of likely N-dealkylation sites (tertiary alicyclic amines) is 1. The van der Waals surface area contributed by atoms with E-state index >= 15 is 0 Å². The summed E-state index contributed by atoms with van der Waals surface area (Å²) in [6.45, 7) is 9.79. The standard InChI is InChI=1S/C20H36N4O3/c1-2-22-9-11-23(12-10-22)18(25)15-16-3-7-24(8-4-16)20(26)19(21)17-5-13-27-14-6-17/h16-17,19H,2-15,21H2,1H3. The molecule has 0 spiro atoms. The molecule has 2 N–H and O–H groups in total. The van der Waals surface area contributed by atoms with E-state index in [4.69, 9.17) is 10.5 Å². The third-order valence-electron chi connectivity index (χ3n) is 6.62. The van der Waals surface area contributed by atoms with E-state index in [1.54, 1.807) is 0 Å². The molecular formula is C20H36N4O3. The Morgan fingerprint density at radius 2 is 1.59 bits per heavy atom. The molecule has 3 saturated heterocycles. The van der Waals surface area contributed by atoms with Gasteiger partial charge in [0.1, 0.15) is 0 Å². The third-order valence-corrected chi connectivity index (χ3v) is 6.62. The molecule has 0 saturated carbocycles. The van der Waals surface area contributed by atoms with Crippen molar-refractivity contribution < 1.29 is 14.3 Å². The van der Waals surface area contributed by atoms with Crippen LogP contribution in [0, 0.1) is 11.8 Å². The number of hydrogen-bond donors (Lipinski definition) is 1. The van der Waals surface area contributed by atoms with Gasteiger partial charge in [-0.15, -0.1) is 0 Å². The van der Waals surface area contributed by atoms with Crippen LogP contribution in [0.3, 0.4) is 0 Å². The van der Waals surface area contributed by atoms with Crippen molar-refractivity contribution in [3.8, 4) is 0 Å². The molecule has 3 rings (SSSR count). The predicted octanol–water partition coefficient (Wildman–Crippen LogP) is 0.533. The molecule has 0 radical (unpaired) electrons. The van der Waals surface area contributed by atoms with Crippen LogP contribution in [0.5, 0.6) is 0 Å². The number of piperidine rings is 1. The first kappa shape index (κ1) is 20.6. The molecule has 1 unspecified atom stereocenters. The van der Waals surface area contributed by atoms with Gasteiger partial charge in [0.2, 0.25) is 11.8 Å². The zero-order chi connectivity index (χ0) is 19.2. The molecule has 0 aromatic heterocycles. The second-order valence-corrected chi connectivity index (χ2v) is 8.26. The van der Waals surface area contributed by atoms with Gasteiger partial charge in [0, 0.05) is 58.9 Å². The van der Waals surface area contributed by atoms with Crippen molar-refractivity contribution in [1.82, 2.24) is 14.7 Å². The highest BCUT2D eigenvalue weighted by Crippen LogP contribution is 2.24. The highest BCUT2D eigenvalue weighted by Gasteiger charge is 2.33. The fraction of sp³-hybridized carbons (Fsp3) is 0.900. The average molecular weight is 381 g/mol. The summed E-state index contributed by atoms with van der Waals surface area (Å²) in [5.74, 6) is 1.01. The summed E-state index contributed by atoms with van der Waals surface area (Å²) in [4.78, 5) is 31.6. The van der Waals surface area contributed by atoms with E-state index < -0.39 is 6.04 Å². The Morgan fingerprint density at radius 1 is 0.963 bits per heavy atom. The summed E-state index contributed by atoms with van der Waals surface area (Å²) in [5.41, 5.74) is 6.25. The fourth-order valence-electron chi connectivity index (χ4n) is 4.53. The van der Waals surface area contributed by atoms with E-state index in [0.29, 0.717) is 25.6 Å². The van der Waals surface area contributed by atoms with Crippen molar-refractivity contribution in [2.75, 3.05) is 59.0 Å². The fourth-order valence-corrected chi connectivity index (χ4v) is 4.53. The summed E-state index contributed by atoms with van der Waals surface area (Å²) < 4.78 is 5.37. The number of nitrogens with zero attached hydrogens (tertiary/aromatic N) is 3. The summed E-state index contributed by atoms with van der Waals surface area (Å²) >= 11 is 0. The number of amides is 2. The molecule has 2 amide bonds. The SMILES string of the molecule is CCN1CCN(C(=O)CC2CCN(C(=O)C(N)C3CCOCC3)CC2)CC1. The molecule has 0 aromatic rings. The van der Waals surface area contributed by atoms with Gasteiger partial charge in [0.25, 0.3) is 0 Å². The van der Waals surface area contributed by atoms with E-state index in [-0.39, 0.29) is 17.7 Å². The minimum Gasteiger partial charge on any atom is -0.381 e. The second-order valence-electron chi connectivity index (χ2n) is 8.26. The number of ether oxygens (including phenoxy) is 1. The Labute approximate surface area is 163 Å². The van der Waals surface area contributed by atoms with Gasteiger partial charge < -0.3 is 25.2 Å². The minimum absolute atomic E-state index is 0.0855. The molecule has 0 bridgehead atoms. The van der Waals surface area contributed by atoms with Crippen LogP contribution in [0.2, 0.25) is 0 Å². The Bertz CT molecular complexity index is 493. The number of rotatable bonds is 5. The Balaban J connectivity index is 1.39. The summed E-state index contributed by atoms with van der Waals surface area (Å²) in [7, 11) is 0. The lowest BCUT2D eigenvalue weighted by atomic mass is 9.89. The Kier molecular flexibility index (Phi) is 7.49. The number of carbonyl (C=O) groups is 2. The third kappa shape index (κ3) is 5.42. The molecule has 3 aliphatic rings. The van der Waals surface area contributed by atoms with Gasteiger partial charge in [0.15, 0.2) is 0 Å². The number of carbonyl (C=O) groups excluding carboxylic acids is 2. The molecule has 3 heterocycles. The smallest absolute Gasteiger partial charge is 0.239 e. The zero-order valence-corrected chi connectivity index (χ0v) is 16.8. The number of hydrogen-bond acceptors (Lipinski definition) is 5. The normalized spacial score (nSPS) is 24.8. The van der Waals surface area contributed by atoms with Crippen molar-refractivity contribution >= 4 is 11.8 Å². The van der Waals surface area contributed by atoms with E-state index in [1.807, 2.05) is 9.80 Å². The predicted molar refractivity (Wildman–Crippen MR) is 104 cm³/mol. The quantitative estimate of drug-likeness (QED) is 0.753. The van der Waals surface area contributed by atoms with E-state index in [9.17, 15) is 9.59 Å². The molecular weight excluding hydrogens is 344 g/mol. The van der Waals surface area contributed by atoms with Crippen LogP contribution in [0.4, 0.5) is 0 Å². The Hall–Kier alpha value is -1.18. The van der Waals surface area contributed by atoms with Gasteiger partial charge in [-0.25, -0.2) is 0 Å². The summed E-state index contributed by atoms with van der Waals surface area (Å²) in [6, 6.07) is -0.401. The van der Waals surface area contributed by atoms with Gasteiger partial charge >= 0.3 is 0 Å². The first-order chi connectivity index (χ1) is 13.1. The molecule has 27 heavy (non-hydrogen) atoms. The number of nitrogens with two attached hydrogens (primary N) is 1. The summed E-state index contributed by atoms with van der Waals surface area (Å²) in [6.07, 6.45) is 4.20. The number of likely N-dealkylation sites (N-methyl/N-ethyl adjacent to an activating group) is 1. The van der Waals surface area contributed by atoms with Gasteiger partial charge in [-0.05, 0) is 44.1 Å². The van der Waals surface area contributed by atoms with Crippen LogP contribution in [0.25, 0.3) is 0 Å². The largest absolute Gasteiger partial charge is 0.381 e. The van der Waals surface area contributed by atoms with Gasteiger partial charge in [0.05, 0.1) is 6.04 Å². The van der Waals surface area contributed by atoms with Gasteiger partial charge in [-0.3, -0.25) is 9.59 Å². The molecule has 3 aliphatic heterocycles. The Morgan fingerprint density at radius 3 is 2.19 bits per heavy atom. The second kappa shape index (κ2) is 9.85. The lowest BCUT2D eigenvalue weighted by Crippen LogP contribution is -2.51. The van der Waals surface area contributed by atoms with Crippen molar-refractivity contribution in [3.63, 3.8) is 0 Å². The minimum atomic E-state index is -0.401. The van der Waals surface area contributed by atoms with Crippen LogP contribution in [0.1, 0.15) is 39.0 Å². The van der Waals surface area contributed by atoms with Crippen molar-refractivity contribution in [1.29, 1.82) is 0 Å². The van der Waals surface area contributed by atoms with Gasteiger partial charge in [-0.1, -0.05) is 6.92 Å². The first-order valence-corrected chi connectivity index (χ1v) is 10.7. The topological polar surface area (TPSA) is 79.1 Å². The molecule has 7 heteroatoms. The zero-order valence-electron chi connectivity index (χ0n) is 16.8. The maximum absolute atomic E-state index is 12.7. The molecule has 0 aromatic carbocycles. The van der Waals surface area contributed by atoms with Crippen molar-refractivity contribution in [3.05, 3.63) is 0 Å².